The highest BCUT2D eigenvalue weighted by Gasteiger charge is 2.38. The summed E-state index contributed by atoms with van der Waals surface area (Å²) in [6.45, 7) is 3.45. The molecule has 0 spiro atoms. The smallest absolute Gasteiger partial charge is 0.244 e. The summed E-state index contributed by atoms with van der Waals surface area (Å²) in [6.07, 6.45) is 6.44. The Bertz CT molecular complexity index is 574. The number of hydrogen-bond donors (Lipinski definition) is 1. The predicted molar refractivity (Wildman–Crippen MR) is 86.0 cm³/mol. The molecule has 1 heterocycles. The van der Waals surface area contributed by atoms with Gasteiger partial charge in [-0.2, -0.15) is 4.31 Å². The highest BCUT2D eigenvalue weighted by atomic mass is 32.2. The molecule has 2 fully saturated rings. The molecule has 0 radical (unpaired) electrons. The summed E-state index contributed by atoms with van der Waals surface area (Å²) in [6, 6.07) is 2.62. The van der Waals surface area contributed by atoms with E-state index < -0.39 is 10.0 Å². The van der Waals surface area contributed by atoms with Crippen LogP contribution in [-0.2, 0) is 16.6 Å². The van der Waals surface area contributed by atoms with E-state index in [0.717, 1.165) is 30.6 Å². The van der Waals surface area contributed by atoms with Gasteiger partial charge in [0.2, 0.25) is 10.0 Å². The maximum atomic E-state index is 13.0. The van der Waals surface area contributed by atoms with Crippen LogP contribution in [0.25, 0.3) is 0 Å². The van der Waals surface area contributed by atoms with Crippen LogP contribution in [0.5, 0.6) is 0 Å². The molecule has 6 heteroatoms. The molecule has 2 aliphatic carbocycles. The molecule has 3 rings (SSSR count). The van der Waals surface area contributed by atoms with Gasteiger partial charge >= 0.3 is 0 Å². The topological polar surface area (TPSA) is 49.4 Å². The second kappa shape index (κ2) is 6.36. The number of rotatable bonds is 9. The van der Waals surface area contributed by atoms with Gasteiger partial charge in [0.25, 0.3) is 0 Å². The van der Waals surface area contributed by atoms with Crippen molar-refractivity contribution in [2.24, 2.45) is 0 Å². The molecule has 2 saturated carbocycles. The van der Waals surface area contributed by atoms with Crippen molar-refractivity contribution in [1.29, 1.82) is 0 Å². The minimum absolute atomic E-state index is 0.241. The van der Waals surface area contributed by atoms with Crippen LogP contribution < -0.4 is 5.32 Å². The predicted octanol–water partition coefficient (Wildman–Crippen LogP) is 2.95. The van der Waals surface area contributed by atoms with E-state index in [-0.39, 0.29) is 6.04 Å². The van der Waals surface area contributed by atoms with Crippen LogP contribution >= 0.6 is 11.3 Å². The first kappa shape index (κ1) is 15.5. The molecule has 118 valence electrons. The molecule has 0 bridgehead atoms. The van der Waals surface area contributed by atoms with Crippen molar-refractivity contribution in [3.63, 3.8) is 0 Å². The third-order valence-corrected chi connectivity index (χ3v) is 7.19. The van der Waals surface area contributed by atoms with E-state index >= 15 is 0 Å². The molecule has 1 aromatic heterocycles. The summed E-state index contributed by atoms with van der Waals surface area (Å²) >= 11 is 1.55. The second-order valence-electron chi connectivity index (χ2n) is 6.06. The number of unbranched alkanes of at least 4 members (excludes halogenated alkanes) is 1. The van der Waals surface area contributed by atoms with E-state index in [0.29, 0.717) is 24.0 Å². The molecule has 0 aliphatic heterocycles. The van der Waals surface area contributed by atoms with E-state index in [2.05, 4.69) is 12.2 Å². The number of nitrogens with one attached hydrogen (secondary N) is 1. The van der Waals surface area contributed by atoms with Gasteiger partial charge in [0.05, 0.1) is 4.90 Å². The SMILES string of the molecule is CCCCN(C1CC1)S(=O)(=O)c1ccsc1CNC1CC1. The second-order valence-corrected chi connectivity index (χ2v) is 8.92. The molecule has 1 N–H and O–H groups in total. The third-order valence-electron chi connectivity index (χ3n) is 4.11. The number of sulfonamides is 1. The van der Waals surface area contributed by atoms with Gasteiger partial charge in [-0.15, -0.1) is 11.3 Å². The summed E-state index contributed by atoms with van der Waals surface area (Å²) in [5.41, 5.74) is 0. The Kier molecular flexibility index (Phi) is 4.69. The Labute approximate surface area is 131 Å². The van der Waals surface area contributed by atoms with Gasteiger partial charge < -0.3 is 5.32 Å². The molecule has 0 aromatic carbocycles. The van der Waals surface area contributed by atoms with Gasteiger partial charge in [-0.05, 0) is 43.6 Å². The molecule has 4 nitrogen and oxygen atoms in total. The summed E-state index contributed by atoms with van der Waals surface area (Å²) in [5.74, 6) is 0. The van der Waals surface area contributed by atoms with Crippen molar-refractivity contribution < 1.29 is 8.42 Å². The van der Waals surface area contributed by atoms with Crippen LogP contribution in [0.2, 0.25) is 0 Å². The average molecular weight is 329 g/mol. The van der Waals surface area contributed by atoms with Crippen molar-refractivity contribution in [1.82, 2.24) is 9.62 Å². The van der Waals surface area contributed by atoms with Crippen LogP contribution in [0.15, 0.2) is 16.3 Å². The van der Waals surface area contributed by atoms with Crippen LogP contribution in [0.1, 0.15) is 50.3 Å². The van der Waals surface area contributed by atoms with Crippen molar-refractivity contribution in [2.45, 2.75) is 69.0 Å². The van der Waals surface area contributed by atoms with E-state index in [1.54, 1.807) is 21.7 Å². The van der Waals surface area contributed by atoms with E-state index in [4.69, 9.17) is 0 Å². The zero-order chi connectivity index (χ0) is 14.9. The van der Waals surface area contributed by atoms with Gasteiger partial charge in [0.15, 0.2) is 0 Å². The van der Waals surface area contributed by atoms with E-state index in [9.17, 15) is 8.42 Å². The summed E-state index contributed by atoms with van der Waals surface area (Å²) in [4.78, 5) is 1.49. The molecule has 0 amide bonds. The molecule has 2 aliphatic rings. The van der Waals surface area contributed by atoms with Crippen LogP contribution in [0.3, 0.4) is 0 Å². The Morgan fingerprint density at radius 3 is 2.71 bits per heavy atom. The van der Waals surface area contributed by atoms with E-state index in [1.165, 1.54) is 12.8 Å². The highest BCUT2D eigenvalue weighted by molar-refractivity contribution is 7.89. The maximum Gasteiger partial charge on any atom is 0.244 e. The third kappa shape index (κ3) is 3.67. The monoisotopic (exact) mass is 328 g/mol. The molecule has 0 saturated heterocycles. The first-order valence-electron chi connectivity index (χ1n) is 7.94. The van der Waals surface area contributed by atoms with Crippen molar-refractivity contribution in [3.8, 4) is 0 Å². The first-order valence-corrected chi connectivity index (χ1v) is 10.3. The molecule has 1 aromatic rings. The standard InChI is InChI=1S/C15H24N2O2S2/c1-2-3-9-17(13-6-7-13)21(18,19)15-8-10-20-14(15)11-16-12-4-5-12/h8,10,12-13,16H,2-7,9,11H2,1H3. The van der Waals surface area contributed by atoms with Gasteiger partial charge in [-0.25, -0.2) is 8.42 Å². The largest absolute Gasteiger partial charge is 0.309 e. The summed E-state index contributed by atoms with van der Waals surface area (Å²) < 4.78 is 27.7. The lowest BCUT2D eigenvalue weighted by Crippen LogP contribution is -2.34. The highest BCUT2D eigenvalue weighted by Crippen LogP contribution is 2.35. The minimum atomic E-state index is -3.32. The fraction of sp³-hybridized carbons (Fsp3) is 0.733. The molecule has 21 heavy (non-hydrogen) atoms. The number of hydrogen-bond acceptors (Lipinski definition) is 4. The molecular weight excluding hydrogens is 304 g/mol. The van der Waals surface area contributed by atoms with Crippen molar-refractivity contribution >= 4 is 21.4 Å². The van der Waals surface area contributed by atoms with Gasteiger partial charge in [0.1, 0.15) is 0 Å². The molecule has 0 unspecified atom stereocenters. The lowest BCUT2D eigenvalue weighted by molar-refractivity contribution is 0.395. The van der Waals surface area contributed by atoms with Crippen molar-refractivity contribution in [3.05, 3.63) is 16.3 Å². The van der Waals surface area contributed by atoms with Crippen LogP contribution in [0.4, 0.5) is 0 Å². The van der Waals surface area contributed by atoms with Gasteiger partial charge in [0, 0.05) is 30.1 Å². The Hall–Kier alpha value is -0.430. The van der Waals surface area contributed by atoms with Crippen LogP contribution in [0, 0.1) is 0 Å². The van der Waals surface area contributed by atoms with Crippen LogP contribution in [-0.4, -0.2) is 31.4 Å². The van der Waals surface area contributed by atoms with E-state index in [1.807, 2.05) is 5.38 Å². The summed E-state index contributed by atoms with van der Waals surface area (Å²) in [5, 5.41) is 5.33. The quantitative estimate of drug-likeness (QED) is 0.758. The normalized spacial score (nSPS) is 19.3. The zero-order valence-corrected chi connectivity index (χ0v) is 14.2. The average Bonchev–Trinajstić information content (AvgIpc) is 3.37. The van der Waals surface area contributed by atoms with Crippen molar-refractivity contribution in [2.75, 3.05) is 6.54 Å². The zero-order valence-electron chi connectivity index (χ0n) is 12.5. The molecular formula is C15H24N2O2S2. The van der Waals surface area contributed by atoms with Gasteiger partial charge in [-0.1, -0.05) is 13.3 Å². The fourth-order valence-electron chi connectivity index (χ4n) is 2.51. The number of nitrogens with zero attached hydrogens (tertiary/aromatic N) is 1. The van der Waals surface area contributed by atoms with Gasteiger partial charge in [-0.3, -0.25) is 0 Å². The Morgan fingerprint density at radius 1 is 1.33 bits per heavy atom. The first-order chi connectivity index (χ1) is 10.1. The molecule has 0 atom stereocenters. The Balaban J connectivity index is 1.77. The minimum Gasteiger partial charge on any atom is -0.309 e. The Morgan fingerprint density at radius 2 is 2.10 bits per heavy atom. The lowest BCUT2D eigenvalue weighted by atomic mass is 10.3. The lowest BCUT2D eigenvalue weighted by Gasteiger charge is -2.22. The number of thiophene rings is 1. The summed E-state index contributed by atoms with van der Waals surface area (Å²) in [7, 11) is -3.32. The fourth-order valence-corrected chi connectivity index (χ4v) is 5.60. The maximum absolute atomic E-state index is 13.0.